The maximum atomic E-state index is 13.6. The second-order valence-electron chi connectivity index (χ2n) is 4.22. The summed E-state index contributed by atoms with van der Waals surface area (Å²) >= 11 is 4.82. The first-order valence-corrected chi connectivity index (χ1v) is 6.37. The zero-order valence-corrected chi connectivity index (χ0v) is 11.7. The Labute approximate surface area is 117 Å². The van der Waals surface area contributed by atoms with Crippen LogP contribution < -0.4 is 5.73 Å². The predicted molar refractivity (Wildman–Crippen MR) is 74.9 cm³/mol. The molecular weight excluding hydrogens is 270 g/mol. The average molecular weight is 288 g/mol. The van der Waals surface area contributed by atoms with Crippen LogP contribution in [0, 0.1) is 11.6 Å². The Morgan fingerprint density at radius 2 is 2.11 bits per heavy atom. The predicted octanol–water partition coefficient (Wildman–Crippen LogP) is 2.09. The highest BCUT2D eigenvalue weighted by Crippen LogP contribution is 2.12. The van der Waals surface area contributed by atoms with Gasteiger partial charge < -0.3 is 10.5 Å². The maximum Gasteiger partial charge on any atom is 0.127 e. The second-order valence-corrected chi connectivity index (χ2v) is 4.75. The minimum Gasteiger partial charge on any atom is -0.393 e. The van der Waals surface area contributed by atoms with Gasteiger partial charge in [0, 0.05) is 38.7 Å². The Bertz CT molecular complexity index is 429. The number of rotatable bonds is 8. The van der Waals surface area contributed by atoms with Gasteiger partial charge in [-0.3, -0.25) is 4.90 Å². The molecule has 1 aromatic carbocycles. The van der Waals surface area contributed by atoms with Gasteiger partial charge in [-0.25, -0.2) is 8.78 Å². The van der Waals surface area contributed by atoms with Crippen LogP contribution in [0.25, 0.3) is 0 Å². The van der Waals surface area contributed by atoms with Crippen LogP contribution in [0.4, 0.5) is 8.78 Å². The number of benzene rings is 1. The molecular formula is C13H18F2N2OS. The highest BCUT2D eigenvalue weighted by atomic mass is 32.1. The van der Waals surface area contributed by atoms with E-state index in [2.05, 4.69) is 0 Å². The lowest BCUT2D eigenvalue weighted by Crippen LogP contribution is -2.30. The van der Waals surface area contributed by atoms with Crippen LogP contribution in [-0.2, 0) is 11.3 Å². The highest BCUT2D eigenvalue weighted by Gasteiger charge is 2.10. The van der Waals surface area contributed by atoms with Gasteiger partial charge in [0.1, 0.15) is 11.6 Å². The number of nitrogens with zero attached hydrogens (tertiary/aromatic N) is 1. The summed E-state index contributed by atoms with van der Waals surface area (Å²) in [5.74, 6) is -0.864. The van der Waals surface area contributed by atoms with Crippen molar-refractivity contribution in [3.8, 4) is 0 Å². The van der Waals surface area contributed by atoms with Crippen molar-refractivity contribution in [2.24, 2.45) is 5.73 Å². The first-order valence-electron chi connectivity index (χ1n) is 5.96. The van der Waals surface area contributed by atoms with E-state index in [1.165, 1.54) is 6.07 Å². The standard InChI is InChI=1S/C13H18F2N2OS/c1-18-7-6-17(5-4-13(16)19)9-10-8-11(14)2-3-12(10)15/h2-3,8H,4-7,9H2,1H3,(H2,16,19). The van der Waals surface area contributed by atoms with Gasteiger partial charge in [-0.2, -0.15) is 0 Å². The molecule has 0 radical (unpaired) electrons. The molecule has 0 saturated carbocycles. The van der Waals surface area contributed by atoms with Crippen LogP contribution in [0.3, 0.4) is 0 Å². The first-order chi connectivity index (χ1) is 9.02. The molecule has 0 atom stereocenters. The lowest BCUT2D eigenvalue weighted by molar-refractivity contribution is 0.145. The summed E-state index contributed by atoms with van der Waals surface area (Å²) in [5, 5.41) is 0. The van der Waals surface area contributed by atoms with E-state index in [0.717, 1.165) is 12.1 Å². The molecule has 0 aliphatic heterocycles. The van der Waals surface area contributed by atoms with E-state index in [4.69, 9.17) is 22.7 Å². The van der Waals surface area contributed by atoms with Crippen LogP contribution in [0.15, 0.2) is 18.2 Å². The van der Waals surface area contributed by atoms with Crippen molar-refractivity contribution in [1.82, 2.24) is 4.90 Å². The number of ether oxygens (including phenoxy) is 1. The Hall–Kier alpha value is -1.11. The van der Waals surface area contributed by atoms with Crippen molar-refractivity contribution in [2.75, 3.05) is 26.8 Å². The molecule has 0 unspecified atom stereocenters. The lowest BCUT2D eigenvalue weighted by Gasteiger charge is -2.22. The number of hydrogen-bond acceptors (Lipinski definition) is 3. The van der Waals surface area contributed by atoms with Crippen LogP contribution in [0.1, 0.15) is 12.0 Å². The molecule has 1 rings (SSSR count). The summed E-state index contributed by atoms with van der Waals surface area (Å²) < 4.78 is 31.7. The number of nitrogens with two attached hydrogens (primary N) is 1. The molecule has 6 heteroatoms. The molecule has 0 fully saturated rings. The minimum absolute atomic E-state index is 0.301. The highest BCUT2D eigenvalue weighted by molar-refractivity contribution is 7.80. The summed E-state index contributed by atoms with van der Waals surface area (Å²) in [7, 11) is 1.59. The molecule has 0 aliphatic carbocycles. The Kier molecular flexibility index (Phi) is 6.83. The summed E-state index contributed by atoms with van der Waals surface area (Å²) in [6.07, 6.45) is 0.538. The number of methoxy groups -OCH3 is 1. The van der Waals surface area contributed by atoms with Gasteiger partial charge in [0.15, 0.2) is 0 Å². The van der Waals surface area contributed by atoms with Crippen molar-refractivity contribution in [3.05, 3.63) is 35.4 Å². The third-order valence-electron chi connectivity index (χ3n) is 2.69. The molecule has 0 heterocycles. The molecule has 106 valence electrons. The van der Waals surface area contributed by atoms with E-state index in [9.17, 15) is 8.78 Å². The lowest BCUT2D eigenvalue weighted by atomic mass is 10.2. The number of thiocarbonyl (C=S) groups is 1. The van der Waals surface area contributed by atoms with Crippen molar-refractivity contribution < 1.29 is 13.5 Å². The van der Waals surface area contributed by atoms with Gasteiger partial charge >= 0.3 is 0 Å². The quantitative estimate of drug-likeness (QED) is 0.743. The van der Waals surface area contributed by atoms with Crippen molar-refractivity contribution in [1.29, 1.82) is 0 Å². The van der Waals surface area contributed by atoms with Crippen LogP contribution in [0.2, 0.25) is 0 Å². The minimum atomic E-state index is -0.447. The summed E-state index contributed by atoms with van der Waals surface area (Å²) in [6.45, 7) is 2.01. The SMILES string of the molecule is COCCN(CCC(N)=S)Cc1cc(F)ccc1F. The Balaban J connectivity index is 2.68. The van der Waals surface area contributed by atoms with Gasteiger partial charge in [0.05, 0.1) is 11.6 Å². The molecule has 2 N–H and O–H groups in total. The maximum absolute atomic E-state index is 13.6. The van der Waals surface area contributed by atoms with Gasteiger partial charge in [-0.05, 0) is 18.2 Å². The van der Waals surface area contributed by atoms with E-state index in [1.54, 1.807) is 7.11 Å². The molecule has 19 heavy (non-hydrogen) atoms. The largest absolute Gasteiger partial charge is 0.393 e. The van der Waals surface area contributed by atoms with Gasteiger partial charge in [0.25, 0.3) is 0 Å². The second kappa shape index (κ2) is 8.14. The van der Waals surface area contributed by atoms with Crippen LogP contribution in [0.5, 0.6) is 0 Å². The fourth-order valence-corrected chi connectivity index (χ4v) is 1.76. The van der Waals surface area contributed by atoms with E-state index >= 15 is 0 Å². The molecule has 3 nitrogen and oxygen atoms in total. The Morgan fingerprint density at radius 3 is 2.74 bits per heavy atom. The molecule has 0 aliphatic rings. The molecule has 0 aromatic heterocycles. The van der Waals surface area contributed by atoms with E-state index in [1.807, 2.05) is 4.90 Å². The van der Waals surface area contributed by atoms with Crippen LogP contribution in [-0.4, -0.2) is 36.7 Å². The summed E-state index contributed by atoms with van der Waals surface area (Å²) in [4.78, 5) is 2.34. The third-order valence-corrected chi connectivity index (χ3v) is 2.89. The molecule has 0 amide bonds. The molecule has 1 aromatic rings. The monoisotopic (exact) mass is 288 g/mol. The topological polar surface area (TPSA) is 38.5 Å². The zero-order valence-electron chi connectivity index (χ0n) is 10.9. The van der Waals surface area contributed by atoms with Crippen LogP contribution >= 0.6 is 12.2 Å². The van der Waals surface area contributed by atoms with Crippen molar-refractivity contribution >= 4 is 17.2 Å². The smallest absolute Gasteiger partial charge is 0.127 e. The first kappa shape index (κ1) is 15.9. The van der Waals surface area contributed by atoms with E-state index in [0.29, 0.717) is 43.2 Å². The van der Waals surface area contributed by atoms with E-state index < -0.39 is 11.6 Å². The summed E-state index contributed by atoms with van der Waals surface area (Å²) in [6, 6.07) is 3.44. The normalized spacial score (nSPS) is 10.9. The fourth-order valence-electron chi connectivity index (χ4n) is 1.66. The number of halogens is 2. The van der Waals surface area contributed by atoms with Gasteiger partial charge in [-0.15, -0.1) is 0 Å². The zero-order chi connectivity index (χ0) is 14.3. The fraction of sp³-hybridized carbons (Fsp3) is 0.462. The summed E-state index contributed by atoms with van der Waals surface area (Å²) in [5.41, 5.74) is 5.77. The van der Waals surface area contributed by atoms with E-state index in [-0.39, 0.29) is 0 Å². The van der Waals surface area contributed by atoms with Crippen molar-refractivity contribution in [3.63, 3.8) is 0 Å². The molecule has 0 saturated heterocycles. The Morgan fingerprint density at radius 1 is 1.37 bits per heavy atom. The average Bonchev–Trinajstić information content (AvgIpc) is 2.36. The van der Waals surface area contributed by atoms with Gasteiger partial charge in [-0.1, -0.05) is 12.2 Å². The molecule has 0 bridgehead atoms. The third kappa shape index (κ3) is 6.04. The van der Waals surface area contributed by atoms with Crippen molar-refractivity contribution in [2.45, 2.75) is 13.0 Å². The van der Waals surface area contributed by atoms with Gasteiger partial charge in [0.2, 0.25) is 0 Å². The number of hydrogen-bond donors (Lipinski definition) is 1. The molecule has 0 spiro atoms.